The quantitative estimate of drug-likeness (QED) is 0.437. The number of carbonyl (C=O) groups is 1. The van der Waals surface area contributed by atoms with Crippen LogP contribution < -0.4 is 5.32 Å². The summed E-state index contributed by atoms with van der Waals surface area (Å²) in [6, 6.07) is 0. The first kappa shape index (κ1) is 27.8. The van der Waals surface area contributed by atoms with E-state index in [1.54, 1.807) is 14.2 Å². The van der Waals surface area contributed by atoms with Crippen molar-refractivity contribution < 1.29 is 38.7 Å². The molecule has 0 spiro atoms. The van der Waals surface area contributed by atoms with Gasteiger partial charge < -0.3 is 39.2 Å². The van der Waals surface area contributed by atoms with E-state index in [4.69, 9.17) is 23.7 Å². The number of carbonyl (C=O) groups excluding carboxylic acids is 1. The molecule has 0 saturated carbocycles. The van der Waals surface area contributed by atoms with Crippen LogP contribution in [-0.2, 0) is 28.5 Å². The van der Waals surface area contributed by atoms with Crippen LogP contribution in [0.2, 0.25) is 0 Å². The molecule has 0 aliphatic carbocycles. The van der Waals surface area contributed by atoms with Crippen molar-refractivity contribution in [2.24, 2.45) is 11.3 Å². The van der Waals surface area contributed by atoms with Crippen molar-refractivity contribution >= 4 is 5.91 Å². The highest BCUT2D eigenvalue weighted by Crippen LogP contribution is 2.40. The molecular formula is C24H41NO8. The summed E-state index contributed by atoms with van der Waals surface area (Å²) in [5.41, 5.74) is 0.308. The number of hydrogen-bond acceptors (Lipinski definition) is 8. The number of aliphatic hydroxyl groups excluding tert-OH is 2. The van der Waals surface area contributed by atoms with Gasteiger partial charge in [0, 0.05) is 58.1 Å². The van der Waals surface area contributed by atoms with E-state index >= 15 is 0 Å². The Morgan fingerprint density at radius 2 is 2.00 bits per heavy atom. The number of rotatable bonds is 9. The Hall–Kier alpha value is -1.49. The highest BCUT2D eigenvalue weighted by atomic mass is 16.7. The summed E-state index contributed by atoms with van der Waals surface area (Å²) in [5, 5.41) is 24.1. The van der Waals surface area contributed by atoms with E-state index in [0.29, 0.717) is 18.8 Å². The monoisotopic (exact) mass is 471 g/mol. The first-order valence-corrected chi connectivity index (χ1v) is 11.4. The van der Waals surface area contributed by atoms with E-state index in [2.05, 4.69) is 11.9 Å². The fourth-order valence-corrected chi connectivity index (χ4v) is 4.24. The van der Waals surface area contributed by atoms with Crippen LogP contribution in [0.5, 0.6) is 0 Å². The molecule has 33 heavy (non-hydrogen) atoms. The second kappa shape index (κ2) is 11.3. The van der Waals surface area contributed by atoms with Crippen LogP contribution >= 0.6 is 0 Å². The first-order valence-electron chi connectivity index (χ1n) is 11.4. The molecule has 0 unspecified atom stereocenters. The smallest absolute Gasteiger partial charge is 0.258 e. The Balaban J connectivity index is 2.11. The Kier molecular flexibility index (Phi) is 9.50. The van der Waals surface area contributed by atoms with Gasteiger partial charge in [0.2, 0.25) is 5.79 Å². The van der Waals surface area contributed by atoms with E-state index in [9.17, 15) is 15.0 Å². The molecule has 2 fully saturated rings. The molecule has 9 heteroatoms. The van der Waals surface area contributed by atoms with Gasteiger partial charge in [-0.2, -0.15) is 0 Å². The second-order valence-corrected chi connectivity index (χ2v) is 9.68. The fraction of sp³-hybridized carbons (Fsp3) is 0.792. The highest BCUT2D eigenvalue weighted by Gasteiger charge is 2.50. The molecule has 9 nitrogen and oxygen atoms in total. The van der Waals surface area contributed by atoms with Crippen LogP contribution in [0.1, 0.15) is 47.0 Å². The molecule has 2 aliphatic rings. The lowest BCUT2D eigenvalue weighted by atomic mass is 9.75. The van der Waals surface area contributed by atoms with Crippen LogP contribution in [0.15, 0.2) is 24.1 Å². The number of nitrogens with one attached hydrogen (secondary N) is 1. The number of ether oxygens (including phenoxy) is 5. The van der Waals surface area contributed by atoms with Crippen molar-refractivity contribution in [3.8, 4) is 0 Å². The summed E-state index contributed by atoms with van der Waals surface area (Å²) in [5.74, 6) is -1.73. The van der Waals surface area contributed by atoms with Crippen molar-refractivity contribution in [2.75, 3.05) is 27.9 Å². The SMILES string of the molecule is C=C1C[C@](OC)([C@H](O)C(=O)N/C=C2/C[C@H](O)C(C)(C)[C@H](C[C@@H](COC)OC)O2)O[C@H](C)[C@@H]1C. The average Bonchev–Trinajstić information content (AvgIpc) is 2.77. The van der Waals surface area contributed by atoms with Gasteiger partial charge in [-0.3, -0.25) is 4.79 Å². The molecule has 2 saturated heterocycles. The Bertz CT molecular complexity index is 723. The Labute approximate surface area is 197 Å². The summed E-state index contributed by atoms with van der Waals surface area (Å²) in [4.78, 5) is 12.8. The fourth-order valence-electron chi connectivity index (χ4n) is 4.24. The minimum absolute atomic E-state index is 0.0807. The molecule has 0 aromatic rings. The van der Waals surface area contributed by atoms with Gasteiger partial charge in [-0.05, 0) is 6.92 Å². The molecule has 0 aromatic heterocycles. The lowest BCUT2D eigenvalue weighted by molar-refractivity contribution is -0.297. The molecule has 190 valence electrons. The zero-order chi connectivity index (χ0) is 25.0. The summed E-state index contributed by atoms with van der Waals surface area (Å²) in [6.45, 7) is 12.1. The summed E-state index contributed by atoms with van der Waals surface area (Å²) in [6.07, 6.45) is -0.829. The molecule has 0 bridgehead atoms. The predicted molar refractivity (Wildman–Crippen MR) is 122 cm³/mol. The van der Waals surface area contributed by atoms with Gasteiger partial charge in [-0.15, -0.1) is 0 Å². The molecule has 0 radical (unpaired) electrons. The van der Waals surface area contributed by atoms with Crippen LogP contribution in [0.25, 0.3) is 0 Å². The van der Waals surface area contributed by atoms with E-state index in [1.165, 1.54) is 13.3 Å². The first-order chi connectivity index (χ1) is 15.4. The van der Waals surface area contributed by atoms with Gasteiger partial charge in [0.25, 0.3) is 5.91 Å². The average molecular weight is 472 g/mol. The molecule has 2 rings (SSSR count). The third-order valence-corrected chi connectivity index (χ3v) is 7.13. The maximum Gasteiger partial charge on any atom is 0.258 e. The molecule has 2 aliphatic heterocycles. The predicted octanol–water partition coefficient (Wildman–Crippen LogP) is 1.88. The van der Waals surface area contributed by atoms with Crippen LogP contribution in [0.4, 0.5) is 0 Å². The van der Waals surface area contributed by atoms with Crippen LogP contribution in [0, 0.1) is 11.3 Å². The largest absolute Gasteiger partial charge is 0.492 e. The molecule has 7 atom stereocenters. The molecule has 0 aromatic carbocycles. The van der Waals surface area contributed by atoms with Gasteiger partial charge in [0.05, 0.1) is 24.9 Å². The van der Waals surface area contributed by atoms with Crippen molar-refractivity contribution in [3.63, 3.8) is 0 Å². The molecule has 2 heterocycles. The van der Waals surface area contributed by atoms with E-state index < -0.39 is 29.3 Å². The van der Waals surface area contributed by atoms with Gasteiger partial charge in [0.15, 0.2) is 6.10 Å². The van der Waals surface area contributed by atoms with Crippen molar-refractivity contribution in [3.05, 3.63) is 24.1 Å². The topological polar surface area (TPSA) is 116 Å². The third-order valence-electron chi connectivity index (χ3n) is 7.13. The molecule has 3 N–H and O–H groups in total. The zero-order valence-electron chi connectivity index (χ0n) is 20.9. The maximum atomic E-state index is 12.8. The number of aliphatic hydroxyl groups is 2. The van der Waals surface area contributed by atoms with Crippen molar-refractivity contribution in [1.29, 1.82) is 0 Å². The number of methoxy groups -OCH3 is 3. The van der Waals surface area contributed by atoms with Crippen LogP contribution in [-0.4, -0.2) is 80.4 Å². The lowest BCUT2D eigenvalue weighted by Gasteiger charge is -2.45. The molecular weight excluding hydrogens is 430 g/mol. The summed E-state index contributed by atoms with van der Waals surface area (Å²) < 4.78 is 28.1. The van der Waals surface area contributed by atoms with Gasteiger partial charge in [-0.25, -0.2) is 0 Å². The third kappa shape index (κ3) is 6.15. The Morgan fingerprint density at radius 1 is 1.33 bits per heavy atom. The van der Waals surface area contributed by atoms with Gasteiger partial charge >= 0.3 is 0 Å². The summed E-state index contributed by atoms with van der Waals surface area (Å²) in [7, 11) is 4.59. The molecule has 1 amide bonds. The maximum absolute atomic E-state index is 12.8. The Morgan fingerprint density at radius 3 is 2.55 bits per heavy atom. The summed E-state index contributed by atoms with van der Waals surface area (Å²) >= 11 is 0. The van der Waals surface area contributed by atoms with E-state index in [1.807, 2.05) is 27.7 Å². The number of amides is 1. The van der Waals surface area contributed by atoms with E-state index in [0.717, 1.165) is 5.57 Å². The minimum atomic E-state index is -1.59. The normalized spacial score (nSPS) is 35.1. The lowest BCUT2D eigenvalue weighted by Crippen LogP contribution is -2.58. The number of hydrogen-bond donors (Lipinski definition) is 3. The van der Waals surface area contributed by atoms with Gasteiger partial charge in [0.1, 0.15) is 11.9 Å². The standard InChI is InChI=1S/C24H41NO8/c1-14-11-24(31-8,33-16(3)15(14)2)21(27)22(28)25-12-17-9-19(26)23(4,5)20(32-17)10-18(30-7)13-29-6/h12,15-16,18-21,26-27H,1,9-11,13H2,2-8H3,(H,25,28)/b17-12-/t15-,16-,18+,19+,20+,21-,24-/m1/s1. The zero-order valence-corrected chi connectivity index (χ0v) is 20.9. The van der Waals surface area contributed by atoms with Gasteiger partial charge in [-0.1, -0.05) is 32.9 Å². The van der Waals surface area contributed by atoms with E-state index in [-0.39, 0.29) is 37.1 Å². The van der Waals surface area contributed by atoms with Crippen molar-refractivity contribution in [1.82, 2.24) is 5.32 Å². The minimum Gasteiger partial charge on any atom is -0.492 e. The second-order valence-electron chi connectivity index (χ2n) is 9.68. The highest BCUT2D eigenvalue weighted by molar-refractivity contribution is 5.82. The van der Waals surface area contributed by atoms with Crippen LogP contribution in [0.3, 0.4) is 0 Å². The van der Waals surface area contributed by atoms with Crippen molar-refractivity contribution in [2.45, 2.75) is 83.3 Å².